The minimum atomic E-state index is -0.222. The number of aryl methyl sites for hydroxylation is 1. The summed E-state index contributed by atoms with van der Waals surface area (Å²) in [6, 6.07) is 10.0. The predicted octanol–water partition coefficient (Wildman–Crippen LogP) is 3.60. The average Bonchev–Trinajstić information content (AvgIpc) is 2.94. The molecule has 2 N–H and O–H groups in total. The third-order valence-electron chi connectivity index (χ3n) is 3.37. The van der Waals surface area contributed by atoms with Gasteiger partial charge in [0.2, 0.25) is 5.91 Å². The van der Waals surface area contributed by atoms with E-state index in [0.29, 0.717) is 0 Å². The summed E-state index contributed by atoms with van der Waals surface area (Å²) in [4.78, 5) is 12.2. The number of benzene rings is 1. The van der Waals surface area contributed by atoms with Crippen LogP contribution in [-0.2, 0) is 11.2 Å². The van der Waals surface area contributed by atoms with E-state index in [-0.39, 0.29) is 18.0 Å². The van der Waals surface area contributed by atoms with Crippen LogP contribution < -0.4 is 10.6 Å². The van der Waals surface area contributed by atoms with Crippen molar-refractivity contribution >= 4 is 22.9 Å². The lowest BCUT2D eigenvalue weighted by atomic mass is 10.1. The molecule has 1 heterocycles. The summed E-state index contributed by atoms with van der Waals surface area (Å²) in [6.07, 6.45) is 0.936. The molecule has 112 valence electrons. The van der Waals surface area contributed by atoms with Gasteiger partial charge in [-0.15, -0.1) is 0 Å². The van der Waals surface area contributed by atoms with Crippen molar-refractivity contribution < 1.29 is 4.79 Å². The van der Waals surface area contributed by atoms with Gasteiger partial charge in [0.05, 0.1) is 6.04 Å². The maximum atomic E-state index is 12.2. The SMILES string of the molecule is Cc1ccc(NC(=O)C(C)NC(C)Cc2ccsc2)cc1. The molecule has 0 aliphatic carbocycles. The van der Waals surface area contributed by atoms with Gasteiger partial charge < -0.3 is 10.6 Å². The second-order valence-electron chi connectivity index (χ2n) is 5.48. The van der Waals surface area contributed by atoms with Gasteiger partial charge in [-0.3, -0.25) is 4.79 Å². The van der Waals surface area contributed by atoms with Crippen LogP contribution in [0.1, 0.15) is 25.0 Å². The number of hydrogen-bond donors (Lipinski definition) is 2. The zero-order valence-electron chi connectivity index (χ0n) is 12.7. The van der Waals surface area contributed by atoms with Crippen LogP contribution in [0.25, 0.3) is 0 Å². The van der Waals surface area contributed by atoms with E-state index < -0.39 is 0 Å². The molecule has 21 heavy (non-hydrogen) atoms. The molecule has 2 atom stereocenters. The molecule has 0 aliphatic rings. The second-order valence-corrected chi connectivity index (χ2v) is 6.26. The first kappa shape index (κ1) is 15.7. The van der Waals surface area contributed by atoms with Gasteiger partial charge in [-0.1, -0.05) is 17.7 Å². The van der Waals surface area contributed by atoms with Crippen LogP contribution in [0.4, 0.5) is 5.69 Å². The zero-order valence-corrected chi connectivity index (χ0v) is 13.5. The van der Waals surface area contributed by atoms with Crippen LogP contribution >= 0.6 is 11.3 Å². The summed E-state index contributed by atoms with van der Waals surface area (Å²) in [5.74, 6) is -0.00368. The molecule has 4 heteroatoms. The summed E-state index contributed by atoms with van der Waals surface area (Å²) in [5.41, 5.74) is 3.33. The standard InChI is InChI=1S/C17H22N2OS/c1-12-4-6-16(7-5-12)19-17(20)14(3)18-13(2)10-15-8-9-21-11-15/h4-9,11,13-14,18H,10H2,1-3H3,(H,19,20). The summed E-state index contributed by atoms with van der Waals surface area (Å²) in [7, 11) is 0. The quantitative estimate of drug-likeness (QED) is 0.856. The van der Waals surface area contributed by atoms with Gasteiger partial charge in [0, 0.05) is 11.7 Å². The first-order valence-corrected chi connectivity index (χ1v) is 8.13. The first-order chi connectivity index (χ1) is 10.0. The number of thiophene rings is 1. The van der Waals surface area contributed by atoms with Crippen molar-refractivity contribution in [2.24, 2.45) is 0 Å². The Labute approximate surface area is 130 Å². The largest absolute Gasteiger partial charge is 0.325 e. The fourth-order valence-corrected chi connectivity index (χ4v) is 2.89. The van der Waals surface area contributed by atoms with Gasteiger partial charge in [-0.25, -0.2) is 0 Å². The van der Waals surface area contributed by atoms with E-state index in [1.54, 1.807) is 11.3 Å². The van der Waals surface area contributed by atoms with Crippen LogP contribution in [-0.4, -0.2) is 18.0 Å². The highest BCUT2D eigenvalue weighted by atomic mass is 32.1. The molecular weight excluding hydrogens is 280 g/mol. The lowest BCUT2D eigenvalue weighted by Gasteiger charge is -2.19. The number of anilines is 1. The van der Waals surface area contributed by atoms with Crippen LogP contribution in [0.5, 0.6) is 0 Å². The Balaban J connectivity index is 1.83. The number of amides is 1. The normalized spacial score (nSPS) is 13.7. The van der Waals surface area contributed by atoms with Gasteiger partial charge in [0.1, 0.15) is 0 Å². The number of rotatable bonds is 6. The van der Waals surface area contributed by atoms with Crippen molar-refractivity contribution in [2.45, 2.75) is 39.3 Å². The molecule has 0 saturated carbocycles. The van der Waals surface area contributed by atoms with Crippen LogP contribution in [0.15, 0.2) is 41.1 Å². The van der Waals surface area contributed by atoms with Crippen molar-refractivity contribution in [2.75, 3.05) is 5.32 Å². The molecule has 0 saturated heterocycles. The Kier molecular flexibility index (Phi) is 5.53. The minimum Gasteiger partial charge on any atom is -0.325 e. The van der Waals surface area contributed by atoms with E-state index >= 15 is 0 Å². The van der Waals surface area contributed by atoms with Gasteiger partial charge in [-0.05, 0) is 61.7 Å². The van der Waals surface area contributed by atoms with E-state index in [9.17, 15) is 4.79 Å². The molecule has 0 bridgehead atoms. The number of carbonyl (C=O) groups is 1. The third-order valence-corrected chi connectivity index (χ3v) is 4.10. The number of carbonyl (C=O) groups excluding carboxylic acids is 1. The topological polar surface area (TPSA) is 41.1 Å². The number of hydrogen-bond acceptors (Lipinski definition) is 3. The van der Waals surface area contributed by atoms with Crippen molar-refractivity contribution in [1.82, 2.24) is 5.32 Å². The van der Waals surface area contributed by atoms with E-state index in [1.807, 2.05) is 38.1 Å². The molecule has 0 spiro atoms. The van der Waals surface area contributed by atoms with E-state index in [1.165, 1.54) is 11.1 Å². The Morgan fingerprint density at radius 3 is 2.52 bits per heavy atom. The fourth-order valence-electron chi connectivity index (χ4n) is 2.21. The molecule has 2 unspecified atom stereocenters. The van der Waals surface area contributed by atoms with Gasteiger partial charge in [-0.2, -0.15) is 11.3 Å². The third kappa shape index (κ3) is 4.99. The molecule has 0 radical (unpaired) electrons. The maximum Gasteiger partial charge on any atom is 0.241 e. The monoisotopic (exact) mass is 302 g/mol. The lowest BCUT2D eigenvalue weighted by Crippen LogP contribution is -2.43. The second kappa shape index (κ2) is 7.38. The summed E-state index contributed by atoms with van der Waals surface area (Å²) in [6.45, 7) is 6.03. The van der Waals surface area contributed by atoms with Crippen molar-refractivity contribution in [3.05, 3.63) is 52.2 Å². The van der Waals surface area contributed by atoms with Crippen molar-refractivity contribution in [3.63, 3.8) is 0 Å². The highest BCUT2D eigenvalue weighted by molar-refractivity contribution is 7.07. The summed E-state index contributed by atoms with van der Waals surface area (Å²) < 4.78 is 0. The maximum absolute atomic E-state index is 12.2. The molecule has 1 aromatic carbocycles. The van der Waals surface area contributed by atoms with Gasteiger partial charge in [0.25, 0.3) is 0 Å². The highest BCUT2D eigenvalue weighted by Crippen LogP contribution is 2.10. The van der Waals surface area contributed by atoms with Gasteiger partial charge in [0.15, 0.2) is 0 Å². The minimum absolute atomic E-state index is 0.00368. The fraction of sp³-hybridized carbons (Fsp3) is 0.353. The molecular formula is C17H22N2OS. The van der Waals surface area contributed by atoms with E-state index in [0.717, 1.165) is 12.1 Å². The van der Waals surface area contributed by atoms with Crippen LogP contribution in [0, 0.1) is 6.92 Å². The van der Waals surface area contributed by atoms with Crippen molar-refractivity contribution in [1.29, 1.82) is 0 Å². The Morgan fingerprint density at radius 2 is 1.90 bits per heavy atom. The summed E-state index contributed by atoms with van der Waals surface area (Å²) >= 11 is 1.70. The molecule has 2 rings (SSSR count). The zero-order chi connectivity index (χ0) is 15.2. The Morgan fingerprint density at radius 1 is 1.19 bits per heavy atom. The van der Waals surface area contributed by atoms with E-state index in [4.69, 9.17) is 0 Å². The van der Waals surface area contributed by atoms with E-state index in [2.05, 4.69) is 34.4 Å². The Hall–Kier alpha value is -1.65. The molecule has 3 nitrogen and oxygen atoms in total. The number of nitrogens with one attached hydrogen (secondary N) is 2. The first-order valence-electron chi connectivity index (χ1n) is 7.19. The molecule has 1 aromatic heterocycles. The van der Waals surface area contributed by atoms with Crippen LogP contribution in [0.3, 0.4) is 0 Å². The molecule has 0 fully saturated rings. The molecule has 2 aromatic rings. The highest BCUT2D eigenvalue weighted by Gasteiger charge is 2.15. The average molecular weight is 302 g/mol. The molecule has 0 aliphatic heterocycles. The molecule has 1 amide bonds. The smallest absolute Gasteiger partial charge is 0.241 e. The lowest BCUT2D eigenvalue weighted by molar-refractivity contribution is -0.117. The van der Waals surface area contributed by atoms with Gasteiger partial charge >= 0.3 is 0 Å². The van der Waals surface area contributed by atoms with Crippen LogP contribution in [0.2, 0.25) is 0 Å². The Bertz CT molecular complexity index is 563. The predicted molar refractivity (Wildman–Crippen MR) is 89.9 cm³/mol. The van der Waals surface area contributed by atoms with Crippen molar-refractivity contribution in [3.8, 4) is 0 Å². The summed E-state index contributed by atoms with van der Waals surface area (Å²) in [5, 5.41) is 10.5.